The molecule has 2 amide bonds. The maximum atomic E-state index is 13.2. The van der Waals surface area contributed by atoms with Crippen LogP contribution in [0.25, 0.3) is 33.0 Å². The van der Waals surface area contributed by atoms with Gasteiger partial charge in [0.1, 0.15) is 11.5 Å². The predicted octanol–water partition coefficient (Wildman–Crippen LogP) is 4.02. The van der Waals surface area contributed by atoms with Crippen molar-refractivity contribution in [1.29, 1.82) is 5.26 Å². The van der Waals surface area contributed by atoms with Crippen molar-refractivity contribution in [3.05, 3.63) is 59.9 Å². The number of benzene rings is 2. The Morgan fingerprint density at radius 2 is 1.46 bits per heavy atom. The van der Waals surface area contributed by atoms with Crippen LogP contribution in [0, 0.1) is 11.3 Å². The van der Waals surface area contributed by atoms with E-state index in [1.54, 1.807) is 14.2 Å². The molecular weight excluding hydrogens is 444 g/mol. The van der Waals surface area contributed by atoms with Gasteiger partial charge in [-0.05, 0) is 42.8 Å². The van der Waals surface area contributed by atoms with Crippen LogP contribution in [-0.2, 0) is 23.2 Å². The predicted molar refractivity (Wildman–Crippen MR) is 133 cm³/mol. The first-order valence-corrected chi connectivity index (χ1v) is 11.2. The average Bonchev–Trinajstić information content (AvgIpc) is 3.48. The zero-order valence-corrected chi connectivity index (χ0v) is 19.7. The summed E-state index contributed by atoms with van der Waals surface area (Å²) < 4.78 is 14.8. The van der Waals surface area contributed by atoms with E-state index in [2.05, 4.69) is 11.4 Å². The van der Waals surface area contributed by atoms with Crippen molar-refractivity contribution in [3.63, 3.8) is 0 Å². The van der Waals surface area contributed by atoms with Gasteiger partial charge in [-0.1, -0.05) is 0 Å². The lowest BCUT2D eigenvalue weighted by Crippen LogP contribution is -2.22. The minimum Gasteiger partial charge on any atom is -0.497 e. The number of carbonyl (C=O) groups is 2. The Morgan fingerprint density at radius 1 is 0.886 bits per heavy atom. The van der Waals surface area contributed by atoms with Crippen molar-refractivity contribution in [2.45, 2.75) is 19.4 Å². The zero-order valence-electron chi connectivity index (χ0n) is 19.7. The van der Waals surface area contributed by atoms with E-state index >= 15 is 0 Å². The maximum Gasteiger partial charge on any atom is 0.259 e. The highest BCUT2D eigenvalue weighted by Crippen LogP contribution is 2.40. The minimum atomic E-state index is -0.441. The van der Waals surface area contributed by atoms with E-state index in [1.165, 1.54) is 0 Å². The lowest BCUT2D eigenvalue weighted by atomic mass is 9.95. The Balaban J connectivity index is 1.79. The van der Waals surface area contributed by atoms with Gasteiger partial charge in [0, 0.05) is 65.3 Å². The molecular formula is C27H24N4O4. The number of aryl methyl sites for hydroxylation is 2. The van der Waals surface area contributed by atoms with Crippen LogP contribution in [0.4, 0.5) is 0 Å². The fourth-order valence-corrected chi connectivity index (χ4v) is 4.78. The standard InChI is InChI=1S/C27H24N4O4/c1-30-14-20(18-12-16(34-2)6-8-22(18)30)24-25(27(33)29-26(24)32)21-15-31(11-5-4-10-28)23-9-7-17(35-3)13-19(21)23/h6-9,12-15H,4-5,11H2,1-3H3,(H,29,32,33). The molecule has 0 unspecified atom stereocenters. The van der Waals surface area contributed by atoms with Crippen molar-refractivity contribution >= 4 is 44.8 Å². The maximum absolute atomic E-state index is 13.2. The molecule has 4 aromatic rings. The molecule has 8 heteroatoms. The second-order valence-corrected chi connectivity index (χ2v) is 8.45. The third-order valence-corrected chi connectivity index (χ3v) is 6.44. The summed E-state index contributed by atoms with van der Waals surface area (Å²) in [5, 5.41) is 13.1. The number of carbonyl (C=O) groups excluding carboxylic acids is 2. The molecule has 1 N–H and O–H groups in total. The first-order valence-electron chi connectivity index (χ1n) is 11.2. The molecule has 0 radical (unpaired) electrons. The van der Waals surface area contributed by atoms with Crippen LogP contribution in [0.1, 0.15) is 24.0 Å². The first kappa shape index (κ1) is 22.3. The van der Waals surface area contributed by atoms with Crippen LogP contribution in [0.15, 0.2) is 48.8 Å². The number of hydrogen-bond acceptors (Lipinski definition) is 5. The van der Waals surface area contributed by atoms with Gasteiger partial charge in [-0.25, -0.2) is 0 Å². The van der Waals surface area contributed by atoms with Crippen molar-refractivity contribution in [1.82, 2.24) is 14.5 Å². The normalized spacial score (nSPS) is 13.5. The van der Waals surface area contributed by atoms with Gasteiger partial charge in [-0.15, -0.1) is 0 Å². The Kier molecular flexibility index (Phi) is 5.53. The largest absolute Gasteiger partial charge is 0.497 e. The summed E-state index contributed by atoms with van der Waals surface area (Å²) in [6, 6.07) is 13.5. The monoisotopic (exact) mass is 468 g/mol. The van der Waals surface area contributed by atoms with Crippen LogP contribution in [0.3, 0.4) is 0 Å². The number of methoxy groups -OCH3 is 2. The summed E-state index contributed by atoms with van der Waals surface area (Å²) in [5.41, 5.74) is 3.77. The van der Waals surface area contributed by atoms with Gasteiger partial charge in [-0.2, -0.15) is 5.26 Å². The Bertz CT molecular complexity index is 1580. The number of nitrogens with one attached hydrogen (secondary N) is 1. The van der Waals surface area contributed by atoms with Gasteiger partial charge in [0.2, 0.25) is 0 Å². The first-order chi connectivity index (χ1) is 17.0. The number of rotatable bonds is 7. The smallest absolute Gasteiger partial charge is 0.259 e. The van der Waals surface area contributed by atoms with Crippen molar-refractivity contribution in [3.8, 4) is 17.6 Å². The summed E-state index contributed by atoms with van der Waals surface area (Å²) >= 11 is 0. The van der Waals surface area contributed by atoms with Crippen LogP contribution < -0.4 is 14.8 Å². The second-order valence-electron chi connectivity index (χ2n) is 8.45. The number of nitrogens with zero attached hydrogens (tertiary/aromatic N) is 3. The van der Waals surface area contributed by atoms with E-state index in [4.69, 9.17) is 14.7 Å². The number of aromatic nitrogens is 2. The third kappa shape index (κ3) is 3.62. The lowest BCUT2D eigenvalue weighted by molar-refractivity contribution is -0.122. The Morgan fingerprint density at radius 3 is 2.06 bits per heavy atom. The Labute approximate surface area is 202 Å². The number of hydrogen-bond donors (Lipinski definition) is 1. The summed E-state index contributed by atoms with van der Waals surface area (Å²) in [6.07, 6.45) is 4.85. The summed E-state index contributed by atoms with van der Waals surface area (Å²) in [7, 11) is 5.08. The lowest BCUT2D eigenvalue weighted by Gasteiger charge is -2.05. The van der Waals surface area contributed by atoms with Crippen LogP contribution in [0.2, 0.25) is 0 Å². The zero-order chi connectivity index (χ0) is 24.7. The van der Waals surface area contributed by atoms with Crippen LogP contribution >= 0.6 is 0 Å². The average molecular weight is 469 g/mol. The van der Waals surface area contributed by atoms with E-state index in [1.807, 2.05) is 65.0 Å². The summed E-state index contributed by atoms with van der Waals surface area (Å²) in [4.78, 5) is 26.4. The van der Waals surface area contributed by atoms with Gasteiger partial charge in [0.05, 0.1) is 31.4 Å². The molecule has 0 saturated carbocycles. The fraction of sp³-hybridized carbons (Fsp3) is 0.222. The molecule has 1 aliphatic rings. The van der Waals surface area contributed by atoms with E-state index in [9.17, 15) is 9.59 Å². The SMILES string of the molecule is COc1ccc2c(c1)c(C1=C(c3cn(CCCC#N)c4ccc(OC)cc34)C(=O)NC1=O)cn2C. The molecule has 0 spiro atoms. The van der Waals surface area contributed by atoms with Gasteiger partial charge in [-0.3, -0.25) is 14.9 Å². The third-order valence-electron chi connectivity index (χ3n) is 6.44. The quantitative estimate of drug-likeness (QED) is 0.326. The molecule has 2 aromatic heterocycles. The fourth-order valence-electron chi connectivity index (χ4n) is 4.78. The van der Waals surface area contributed by atoms with Gasteiger partial charge in [0.15, 0.2) is 0 Å². The highest BCUT2D eigenvalue weighted by molar-refractivity contribution is 6.50. The molecule has 0 aliphatic carbocycles. The van der Waals surface area contributed by atoms with Crippen molar-refractivity contribution in [2.75, 3.05) is 14.2 Å². The highest BCUT2D eigenvalue weighted by Gasteiger charge is 2.35. The molecule has 2 aromatic carbocycles. The van der Waals surface area contributed by atoms with E-state index < -0.39 is 11.8 Å². The van der Waals surface area contributed by atoms with Crippen LogP contribution in [0.5, 0.6) is 11.5 Å². The van der Waals surface area contributed by atoms with Gasteiger partial charge < -0.3 is 18.6 Å². The summed E-state index contributed by atoms with van der Waals surface area (Å²) in [6.45, 7) is 0.611. The summed E-state index contributed by atoms with van der Waals surface area (Å²) in [5.74, 6) is 0.434. The van der Waals surface area contributed by atoms with E-state index in [-0.39, 0.29) is 0 Å². The molecule has 3 heterocycles. The van der Waals surface area contributed by atoms with E-state index in [0.29, 0.717) is 53.2 Å². The topological polar surface area (TPSA) is 98.3 Å². The number of unbranched alkanes of at least 4 members (excludes halogenated alkanes) is 1. The number of imide groups is 1. The minimum absolute atomic E-state index is 0.322. The van der Waals surface area contributed by atoms with E-state index in [0.717, 1.165) is 21.8 Å². The molecule has 0 bridgehead atoms. The molecule has 5 rings (SSSR count). The molecule has 0 atom stereocenters. The number of ether oxygens (including phenoxy) is 2. The molecule has 0 fully saturated rings. The molecule has 1 aliphatic heterocycles. The van der Waals surface area contributed by atoms with Crippen molar-refractivity contribution < 1.29 is 19.1 Å². The number of fused-ring (bicyclic) bond motifs is 2. The number of nitriles is 1. The molecule has 35 heavy (non-hydrogen) atoms. The molecule has 0 saturated heterocycles. The number of amides is 2. The van der Waals surface area contributed by atoms with Crippen molar-refractivity contribution in [2.24, 2.45) is 7.05 Å². The molecule has 176 valence electrons. The Hall–Kier alpha value is -4.51. The van der Waals surface area contributed by atoms with Crippen LogP contribution in [-0.4, -0.2) is 35.2 Å². The molecule has 8 nitrogen and oxygen atoms in total. The van der Waals surface area contributed by atoms with Gasteiger partial charge in [0.25, 0.3) is 11.8 Å². The highest BCUT2D eigenvalue weighted by atomic mass is 16.5. The second kappa shape index (κ2) is 8.69. The van der Waals surface area contributed by atoms with Gasteiger partial charge >= 0.3 is 0 Å².